The van der Waals surface area contributed by atoms with E-state index < -0.39 is 5.54 Å². The predicted molar refractivity (Wildman–Crippen MR) is 77.8 cm³/mol. The van der Waals surface area contributed by atoms with Crippen molar-refractivity contribution >= 4 is 0 Å². The van der Waals surface area contributed by atoms with Gasteiger partial charge in [-0.1, -0.05) is 6.07 Å². The lowest BCUT2D eigenvalue weighted by Crippen LogP contribution is -2.53. The molecule has 1 unspecified atom stereocenters. The van der Waals surface area contributed by atoms with Crippen molar-refractivity contribution in [3.05, 3.63) is 24.3 Å². The van der Waals surface area contributed by atoms with E-state index in [0.717, 1.165) is 24.3 Å². The van der Waals surface area contributed by atoms with Crippen LogP contribution in [0.2, 0.25) is 0 Å². The minimum Gasteiger partial charge on any atom is -0.497 e. The molecular weight excluding hydrogens is 252 g/mol. The fourth-order valence-electron chi connectivity index (χ4n) is 2.41. The topological polar surface area (TPSA) is 54.3 Å². The highest BCUT2D eigenvalue weighted by molar-refractivity contribution is 5.33. The molecule has 1 atom stereocenters. The first-order valence-electron chi connectivity index (χ1n) is 7.05. The van der Waals surface area contributed by atoms with Gasteiger partial charge in [0, 0.05) is 12.1 Å². The molecule has 4 heteroatoms. The molecule has 0 bridgehead atoms. The maximum atomic E-state index is 9.60. The summed E-state index contributed by atoms with van der Waals surface area (Å²) in [6.45, 7) is 4.47. The molecule has 1 aromatic carbocycles. The van der Waals surface area contributed by atoms with Gasteiger partial charge in [0.1, 0.15) is 23.6 Å². The second-order valence-corrected chi connectivity index (χ2v) is 5.62. The van der Waals surface area contributed by atoms with Gasteiger partial charge in [-0.05, 0) is 44.7 Å². The van der Waals surface area contributed by atoms with Crippen LogP contribution in [0.15, 0.2) is 24.3 Å². The van der Waals surface area contributed by atoms with E-state index in [0.29, 0.717) is 12.5 Å². The van der Waals surface area contributed by atoms with Gasteiger partial charge in [-0.15, -0.1) is 0 Å². The van der Waals surface area contributed by atoms with Gasteiger partial charge in [-0.2, -0.15) is 5.26 Å². The molecule has 4 nitrogen and oxygen atoms in total. The Hall–Kier alpha value is -1.73. The van der Waals surface area contributed by atoms with Crippen molar-refractivity contribution in [1.29, 1.82) is 5.26 Å². The van der Waals surface area contributed by atoms with Crippen LogP contribution in [0.3, 0.4) is 0 Å². The zero-order valence-electron chi connectivity index (χ0n) is 12.3. The van der Waals surface area contributed by atoms with Gasteiger partial charge < -0.3 is 9.47 Å². The third kappa shape index (κ3) is 3.43. The van der Waals surface area contributed by atoms with Gasteiger partial charge >= 0.3 is 0 Å². The number of hydrogen-bond donors (Lipinski definition) is 1. The SMILES string of the molecule is COc1cccc(OCC(C#N)(NC(C)C)C2CC2)c1. The standard InChI is InChI=1S/C16H22N2O2/c1-12(2)18-16(10-17,13-7-8-13)11-20-15-6-4-5-14(9-15)19-3/h4-6,9,12-13,18H,7-8,11H2,1-3H3. The lowest BCUT2D eigenvalue weighted by Gasteiger charge is -2.30. The van der Waals surface area contributed by atoms with Crippen molar-refractivity contribution in [3.8, 4) is 17.6 Å². The molecule has 0 heterocycles. The van der Waals surface area contributed by atoms with Crippen molar-refractivity contribution in [2.75, 3.05) is 13.7 Å². The summed E-state index contributed by atoms with van der Waals surface area (Å²) in [7, 11) is 1.63. The molecule has 1 N–H and O–H groups in total. The summed E-state index contributed by atoms with van der Waals surface area (Å²) in [5.74, 6) is 1.88. The van der Waals surface area contributed by atoms with Crippen LogP contribution in [-0.2, 0) is 0 Å². The summed E-state index contributed by atoms with van der Waals surface area (Å²) in [5.41, 5.74) is -0.586. The number of nitrogens with one attached hydrogen (secondary N) is 1. The third-order valence-electron chi connectivity index (χ3n) is 3.53. The van der Waals surface area contributed by atoms with E-state index in [-0.39, 0.29) is 6.04 Å². The number of benzene rings is 1. The first-order valence-corrected chi connectivity index (χ1v) is 7.05. The molecule has 20 heavy (non-hydrogen) atoms. The quantitative estimate of drug-likeness (QED) is 0.830. The van der Waals surface area contributed by atoms with Crippen molar-refractivity contribution in [2.45, 2.75) is 38.3 Å². The maximum absolute atomic E-state index is 9.60. The van der Waals surface area contributed by atoms with E-state index >= 15 is 0 Å². The average Bonchev–Trinajstić information content (AvgIpc) is 3.28. The molecule has 0 saturated heterocycles. The number of methoxy groups -OCH3 is 1. The normalized spacial score (nSPS) is 17.4. The van der Waals surface area contributed by atoms with Crippen LogP contribution in [-0.4, -0.2) is 25.3 Å². The monoisotopic (exact) mass is 274 g/mol. The lowest BCUT2D eigenvalue weighted by atomic mass is 9.95. The first kappa shape index (κ1) is 14.7. The molecule has 0 spiro atoms. The van der Waals surface area contributed by atoms with Crippen molar-refractivity contribution in [2.24, 2.45) is 5.92 Å². The average molecular weight is 274 g/mol. The molecule has 2 rings (SSSR count). The van der Waals surface area contributed by atoms with Crippen LogP contribution in [0.5, 0.6) is 11.5 Å². The highest BCUT2D eigenvalue weighted by atomic mass is 16.5. The number of nitrogens with zero attached hydrogens (tertiary/aromatic N) is 1. The Morgan fingerprint density at radius 1 is 1.40 bits per heavy atom. The zero-order chi connectivity index (χ0) is 14.6. The van der Waals surface area contributed by atoms with E-state index in [9.17, 15) is 5.26 Å². The van der Waals surface area contributed by atoms with E-state index in [2.05, 4.69) is 25.2 Å². The summed E-state index contributed by atoms with van der Waals surface area (Å²) in [4.78, 5) is 0. The summed E-state index contributed by atoms with van der Waals surface area (Å²) in [6.07, 6.45) is 2.18. The van der Waals surface area contributed by atoms with Crippen LogP contribution in [0.25, 0.3) is 0 Å². The fourth-order valence-corrected chi connectivity index (χ4v) is 2.41. The Labute approximate surface area is 120 Å². The smallest absolute Gasteiger partial charge is 0.144 e. The molecular formula is C16H22N2O2. The van der Waals surface area contributed by atoms with E-state index in [4.69, 9.17) is 9.47 Å². The van der Waals surface area contributed by atoms with Gasteiger partial charge in [0.15, 0.2) is 0 Å². The van der Waals surface area contributed by atoms with E-state index in [1.165, 1.54) is 0 Å². The molecule has 0 aliphatic heterocycles. The Balaban J connectivity index is 2.06. The van der Waals surface area contributed by atoms with Crippen LogP contribution < -0.4 is 14.8 Å². The van der Waals surface area contributed by atoms with E-state index in [1.807, 2.05) is 24.3 Å². The fraction of sp³-hybridized carbons (Fsp3) is 0.562. The van der Waals surface area contributed by atoms with Crippen molar-refractivity contribution in [3.63, 3.8) is 0 Å². The molecule has 0 radical (unpaired) electrons. The Morgan fingerprint density at radius 2 is 2.10 bits per heavy atom. The lowest BCUT2D eigenvalue weighted by molar-refractivity contribution is 0.192. The number of rotatable bonds is 7. The Bertz CT molecular complexity index is 491. The summed E-state index contributed by atoms with van der Waals surface area (Å²) in [6, 6.07) is 10.2. The summed E-state index contributed by atoms with van der Waals surface area (Å²) in [5, 5.41) is 13.0. The molecule has 0 aromatic heterocycles. The highest BCUT2D eigenvalue weighted by Crippen LogP contribution is 2.40. The number of nitriles is 1. The molecule has 0 amide bonds. The summed E-state index contributed by atoms with van der Waals surface area (Å²) < 4.78 is 11.0. The minimum absolute atomic E-state index is 0.254. The Kier molecular flexibility index (Phi) is 4.51. The van der Waals surface area contributed by atoms with Crippen molar-refractivity contribution in [1.82, 2.24) is 5.32 Å². The van der Waals surface area contributed by atoms with Crippen LogP contribution >= 0.6 is 0 Å². The van der Waals surface area contributed by atoms with Crippen LogP contribution in [0.4, 0.5) is 0 Å². The minimum atomic E-state index is -0.586. The van der Waals surface area contributed by atoms with Gasteiger partial charge in [0.2, 0.25) is 0 Å². The molecule has 1 aliphatic carbocycles. The maximum Gasteiger partial charge on any atom is 0.144 e. The van der Waals surface area contributed by atoms with Gasteiger partial charge in [0.25, 0.3) is 0 Å². The van der Waals surface area contributed by atoms with Gasteiger partial charge in [-0.3, -0.25) is 5.32 Å². The number of hydrogen-bond acceptors (Lipinski definition) is 4. The molecule has 1 fully saturated rings. The molecule has 1 aliphatic rings. The number of ether oxygens (including phenoxy) is 2. The highest BCUT2D eigenvalue weighted by Gasteiger charge is 2.46. The summed E-state index contributed by atoms with van der Waals surface area (Å²) >= 11 is 0. The third-order valence-corrected chi connectivity index (χ3v) is 3.53. The van der Waals surface area contributed by atoms with Gasteiger partial charge in [-0.25, -0.2) is 0 Å². The van der Waals surface area contributed by atoms with E-state index in [1.54, 1.807) is 7.11 Å². The molecule has 1 aromatic rings. The molecule has 1 saturated carbocycles. The Morgan fingerprint density at radius 3 is 2.65 bits per heavy atom. The van der Waals surface area contributed by atoms with Crippen LogP contribution in [0, 0.1) is 17.2 Å². The van der Waals surface area contributed by atoms with Crippen molar-refractivity contribution < 1.29 is 9.47 Å². The largest absolute Gasteiger partial charge is 0.497 e. The van der Waals surface area contributed by atoms with Gasteiger partial charge in [0.05, 0.1) is 13.2 Å². The second kappa shape index (κ2) is 6.15. The first-order chi connectivity index (χ1) is 9.59. The predicted octanol–water partition coefficient (Wildman–Crippen LogP) is 2.74. The molecule has 108 valence electrons. The van der Waals surface area contributed by atoms with Crippen LogP contribution in [0.1, 0.15) is 26.7 Å². The second-order valence-electron chi connectivity index (χ2n) is 5.62. The zero-order valence-corrected chi connectivity index (χ0v) is 12.3.